The van der Waals surface area contributed by atoms with E-state index in [1.165, 1.54) is 12.3 Å². The van der Waals surface area contributed by atoms with Gasteiger partial charge in [-0.1, -0.05) is 13.8 Å². The van der Waals surface area contributed by atoms with Crippen molar-refractivity contribution in [2.45, 2.75) is 26.8 Å². The van der Waals surface area contributed by atoms with Crippen LogP contribution < -0.4 is 10.6 Å². The lowest BCUT2D eigenvalue weighted by Gasteiger charge is -2.10. The standard InChI is InChI=1S/C11H18FN3/c1-3-5-14-11-9(7-13-4-2)6-10(12)8-15-11/h6,8,13H,3-5,7H2,1-2H3,(H,14,15). The van der Waals surface area contributed by atoms with Gasteiger partial charge in [0.05, 0.1) is 6.20 Å². The predicted octanol–water partition coefficient (Wildman–Crippen LogP) is 2.15. The number of rotatable bonds is 6. The highest BCUT2D eigenvalue weighted by Crippen LogP contribution is 2.13. The molecule has 0 aliphatic rings. The van der Waals surface area contributed by atoms with Crippen LogP contribution in [0.5, 0.6) is 0 Å². The molecule has 4 heteroatoms. The van der Waals surface area contributed by atoms with Crippen molar-refractivity contribution in [2.24, 2.45) is 0 Å². The monoisotopic (exact) mass is 211 g/mol. The summed E-state index contributed by atoms with van der Waals surface area (Å²) in [6.45, 7) is 6.47. The second-order valence-electron chi connectivity index (χ2n) is 3.37. The largest absolute Gasteiger partial charge is 0.370 e. The summed E-state index contributed by atoms with van der Waals surface area (Å²) in [6, 6.07) is 1.52. The molecule has 0 saturated carbocycles. The highest BCUT2D eigenvalue weighted by molar-refractivity contribution is 5.43. The number of hydrogen-bond acceptors (Lipinski definition) is 3. The molecular formula is C11H18FN3. The lowest BCUT2D eigenvalue weighted by molar-refractivity contribution is 0.615. The average molecular weight is 211 g/mol. The molecule has 1 aromatic heterocycles. The Bertz CT molecular complexity index is 302. The van der Waals surface area contributed by atoms with Crippen molar-refractivity contribution in [3.8, 4) is 0 Å². The molecule has 0 atom stereocenters. The van der Waals surface area contributed by atoms with Crippen LogP contribution in [0.3, 0.4) is 0 Å². The van der Waals surface area contributed by atoms with Crippen molar-refractivity contribution in [1.29, 1.82) is 0 Å². The van der Waals surface area contributed by atoms with E-state index in [0.717, 1.165) is 30.9 Å². The maximum atomic E-state index is 13.0. The summed E-state index contributed by atoms with van der Waals surface area (Å²) < 4.78 is 13.0. The molecule has 0 aliphatic heterocycles. The van der Waals surface area contributed by atoms with Crippen molar-refractivity contribution in [1.82, 2.24) is 10.3 Å². The van der Waals surface area contributed by atoms with Gasteiger partial charge in [0.25, 0.3) is 0 Å². The lowest BCUT2D eigenvalue weighted by atomic mass is 10.2. The fourth-order valence-electron chi connectivity index (χ4n) is 1.28. The molecule has 0 aliphatic carbocycles. The summed E-state index contributed by atoms with van der Waals surface area (Å²) in [5, 5.41) is 6.34. The molecule has 3 nitrogen and oxygen atoms in total. The van der Waals surface area contributed by atoms with Crippen LogP contribution in [0.25, 0.3) is 0 Å². The number of aromatic nitrogens is 1. The normalized spacial score (nSPS) is 10.3. The molecule has 0 bridgehead atoms. The van der Waals surface area contributed by atoms with Crippen LogP contribution in [0.1, 0.15) is 25.8 Å². The summed E-state index contributed by atoms with van der Waals surface area (Å²) in [7, 11) is 0. The van der Waals surface area contributed by atoms with Crippen LogP contribution >= 0.6 is 0 Å². The number of nitrogens with zero attached hydrogens (tertiary/aromatic N) is 1. The predicted molar refractivity (Wildman–Crippen MR) is 60.4 cm³/mol. The first-order valence-electron chi connectivity index (χ1n) is 5.37. The maximum absolute atomic E-state index is 13.0. The van der Waals surface area contributed by atoms with E-state index in [2.05, 4.69) is 22.5 Å². The lowest BCUT2D eigenvalue weighted by Crippen LogP contribution is -2.15. The van der Waals surface area contributed by atoms with Gasteiger partial charge in [0.2, 0.25) is 0 Å². The number of anilines is 1. The van der Waals surface area contributed by atoms with Crippen LogP contribution in [-0.2, 0) is 6.54 Å². The summed E-state index contributed by atoms with van der Waals surface area (Å²) in [5.74, 6) is 0.490. The van der Waals surface area contributed by atoms with Gasteiger partial charge >= 0.3 is 0 Å². The molecule has 2 N–H and O–H groups in total. The first-order chi connectivity index (χ1) is 7.27. The van der Waals surface area contributed by atoms with E-state index in [1.54, 1.807) is 0 Å². The second-order valence-corrected chi connectivity index (χ2v) is 3.37. The Morgan fingerprint density at radius 1 is 1.40 bits per heavy atom. The summed E-state index contributed by atoms with van der Waals surface area (Å²) >= 11 is 0. The van der Waals surface area contributed by atoms with E-state index in [-0.39, 0.29) is 5.82 Å². The molecule has 0 saturated heterocycles. The Morgan fingerprint density at radius 2 is 2.20 bits per heavy atom. The summed E-state index contributed by atoms with van der Waals surface area (Å²) in [4.78, 5) is 4.04. The van der Waals surface area contributed by atoms with Gasteiger partial charge in [-0.3, -0.25) is 0 Å². The molecule has 1 heterocycles. The first kappa shape index (κ1) is 11.9. The number of hydrogen-bond donors (Lipinski definition) is 2. The molecule has 0 unspecified atom stereocenters. The molecule has 0 amide bonds. The van der Waals surface area contributed by atoms with Gasteiger partial charge in [-0.25, -0.2) is 9.37 Å². The zero-order valence-electron chi connectivity index (χ0n) is 9.31. The van der Waals surface area contributed by atoms with E-state index >= 15 is 0 Å². The van der Waals surface area contributed by atoms with Crippen LogP contribution in [0.2, 0.25) is 0 Å². The molecule has 0 spiro atoms. The van der Waals surface area contributed by atoms with E-state index in [1.807, 2.05) is 6.92 Å². The highest BCUT2D eigenvalue weighted by Gasteiger charge is 2.04. The van der Waals surface area contributed by atoms with Crippen LogP contribution in [0.15, 0.2) is 12.3 Å². The van der Waals surface area contributed by atoms with E-state index in [0.29, 0.717) is 6.54 Å². The first-order valence-corrected chi connectivity index (χ1v) is 5.37. The van der Waals surface area contributed by atoms with Gasteiger partial charge in [0.1, 0.15) is 11.6 Å². The van der Waals surface area contributed by atoms with Gasteiger partial charge in [-0.05, 0) is 19.0 Å². The minimum Gasteiger partial charge on any atom is -0.370 e. The van der Waals surface area contributed by atoms with Crippen molar-refractivity contribution in [3.63, 3.8) is 0 Å². The van der Waals surface area contributed by atoms with Crippen molar-refractivity contribution in [2.75, 3.05) is 18.4 Å². The number of halogens is 1. The number of nitrogens with one attached hydrogen (secondary N) is 2. The van der Waals surface area contributed by atoms with Gasteiger partial charge in [0.15, 0.2) is 0 Å². The van der Waals surface area contributed by atoms with Crippen LogP contribution in [-0.4, -0.2) is 18.1 Å². The smallest absolute Gasteiger partial charge is 0.141 e. The van der Waals surface area contributed by atoms with E-state index < -0.39 is 0 Å². The minimum absolute atomic E-state index is 0.287. The molecule has 84 valence electrons. The fraction of sp³-hybridized carbons (Fsp3) is 0.545. The average Bonchev–Trinajstić information content (AvgIpc) is 2.25. The molecular weight excluding hydrogens is 193 g/mol. The molecule has 0 fully saturated rings. The molecule has 15 heavy (non-hydrogen) atoms. The van der Waals surface area contributed by atoms with Gasteiger partial charge < -0.3 is 10.6 Å². The van der Waals surface area contributed by atoms with Gasteiger partial charge in [0, 0.05) is 18.7 Å². The van der Waals surface area contributed by atoms with Crippen LogP contribution in [0, 0.1) is 5.82 Å². The Morgan fingerprint density at radius 3 is 2.87 bits per heavy atom. The maximum Gasteiger partial charge on any atom is 0.141 e. The molecule has 1 rings (SSSR count). The van der Waals surface area contributed by atoms with E-state index in [9.17, 15) is 4.39 Å². The van der Waals surface area contributed by atoms with Crippen molar-refractivity contribution < 1.29 is 4.39 Å². The quantitative estimate of drug-likeness (QED) is 0.757. The topological polar surface area (TPSA) is 37.0 Å². The van der Waals surface area contributed by atoms with Gasteiger partial charge in [-0.2, -0.15) is 0 Å². The molecule has 1 aromatic rings. The Labute approximate surface area is 90.1 Å². The minimum atomic E-state index is -0.287. The van der Waals surface area contributed by atoms with Crippen LogP contribution in [0.4, 0.5) is 10.2 Å². The highest BCUT2D eigenvalue weighted by atomic mass is 19.1. The fourth-order valence-corrected chi connectivity index (χ4v) is 1.28. The van der Waals surface area contributed by atoms with Crippen molar-refractivity contribution in [3.05, 3.63) is 23.6 Å². The molecule has 0 radical (unpaired) electrons. The third-order valence-corrected chi connectivity index (χ3v) is 2.04. The Balaban J connectivity index is 2.73. The Hall–Kier alpha value is -1.16. The SMILES string of the molecule is CCCNc1ncc(F)cc1CNCC. The summed E-state index contributed by atoms with van der Waals surface area (Å²) in [5.41, 5.74) is 0.880. The number of pyridine rings is 1. The summed E-state index contributed by atoms with van der Waals surface area (Å²) in [6.07, 6.45) is 2.27. The third-order valence-electron chi connectivity index (χ3n) is 2.04. The molecule has 0 aromatic carbocycles. The van der Waals surface area contributed by atoms with Crippen molar-refractivity contribution >= 4 is 5.82 Å². The third kappa shape index (κ3) is 3.83. The zero-order valence-corrected chi connectivity index (χ0v) is 9.31. The Kier molecular flexibility index (Phi) is 5.04. The zero-order chi connectivity index (χ0) is 11.1. The second kappa shape index (κ2) is 6.35. The van der Waals surface area contributed by atoms with E-state index in [4.69, 9.17) is 0 Å². The van der Waals surface area contributed by atoms with Gasteiger partial charge in [-0.15, -0.1) is 0 Å².